The minimum atomic E-state index is 0.896. The molecule has 0 fully saturated rings. The second-order valence-electron chi connectivity index (χ2n) is 14.3. The third kappa shape index (κ3) is 5.64. The third-order valence-electron chi connectivity index (χ3n) is 10.8. The summed E-state index contributed by atoms with van der Waals surface area (Å²) in [6.45, 7) is 0. The molecular weight excluding hydrogens is 681 g/mol. The predicted molar refractivity (Wildman–Crippen MR) is 232 cm³/mol. The van der Waals surface area contributed by atoms with E-state index in [9.17, 15) is 0 Å². The number of benzene rings is 7. The van der Waals surface area contributed by atoms with E-state index < -0.39 is 0 Å². The number of rotatable bonds is 5. The number of nitrogens with zero attached hydrogens (tertiary/aromatic N) is 4. The molecule has 0 aliphatic heterocycles. The average Bonchev–Trinajstić information content (AvgIpc) is 3.28. The quantitative estimate of drug-likeness (QED) is 0.167. The van der Waals surface area contributed by atoms with Crippen LogP contribution in [0, 0.1) is 0 Å². The number of aromatic nitrogens is 4. The van der Waals surface area contributed by atoms with E-state index in [1.165, 1.54) is 10.8 Å². The van der Waals surface area contributed by atoms with Crippen LogP contribution in [0.1, 0.15) is 0 Å². The van der Waals surface area contributed by atoms with Crippen LogP contribution in [0.25, 0.3) is 111 Å². The smallest absolute Gasteiger partial charge is 0.0972 e. The molecule has 0 aliphatic carbocycles. The first-order chi connectivity index (χ1) is 27.7. The summed E-state index contributed by atoms with van der Waals surface area (Å²) >= 11 is 0. The molecule has 4 aromatic heterocycles. The summed E-state index contributed by atoms with van der Waals surface area (Å²) in [6.07, 6.45) is 0. The Labute approximate surface area is 323 Å². The fourth-order valence-electron chi connectivity index (χ4n) is 7.89. The number of hydrogen-bond donors (Lipinski definition) is 0. The van der Waals surface area contributed by atoms with Gasteiger partial charge in [-0.25, -0.2) is 19.9 Å². The molecule has 0 aliphatic rings. The summed E-state index contributed by atoms with van der Waals surface area (Å²) < 4.78 is 0. The first-order valence-electron chi connectivity index (χ1n) is 18.9. The number of hydrogen-bond acceptors (Lipinski definition) is 4. The van der Waals surface area contributed by atoms with Crippen LogP contribution in [-0.2, 0) is 0 Å². The van der Waals surface area contributed by atoms with Gasteiger partial charge in [0.25, 0.3) is 0 Å². The molecule has 0 saturated carbocycles. The van der Waals surface area contributed by atoms with Crippen LogP contribution in [0.15, 0.2) is 194 Å². The van der Waals surface area contributed by atoms with Crippen LogP contribution < -0.4 is 0 Å². The van der Waals surface area contributed by atoms with Crippen LogP contribution in [0.2, 0.25) is 0 Å². The Balaban J connectivity index is 0.940. The van der Waals surface area contributed by atoms with E-state index in [4.69, 9.17) is 19.9 Å². The van der Waals surface area contributed by atoms with Crippen LogP contribution >= 0.6 is 0 Å². The Morgan fingerprint density at radius 3 is 1.39 bits per heavy atom. The molecule has 56 heavy (non-hydrogen) atoms. The summed E-state index contributed by atoms with van der Waals surface area (Å²) in [5, 5.41) is 6.76. The van der Waals surface area contributed by atoms with Gasteiger partial charge < -0.3 is 0 Å². The van der Waals surface area contributed by atoms with E-state index >= 15 is 0 Å². The molecule has 4 heterocycles. The van der Waals surface area contributed by atoms with Crippen molar-refractivity contribution in [2.45, 2.75) is 0 Å². The normalized spacial score (nSPS) is 11.6. The van der Waals surface area contributed by atoms with Gasteiger partial charge in [-0.1, -0.05) is 152 Å². The monoisotopic (exact) mass is 712 g/mol. The van der Waals surface area contributed by atoms with Crippen molar-refractivity contribution >= 4 is 54.4 Å². The van der Waals surface area contributed by atoms with Crippen molar-refractivity contribution in [2.75, 3.05) is 0 Å². The zero-order valence-corrected chi connectivity index (χ0v) is 30.3. The highest BCUT2D eigenvalue weighted by molar-refractivity contribution is 6.04. The standard InChI is InChI=1S/C52H32N4/c1-2-9-34(10-3-1)45-27-24-37-18-19-38-25-28-47(56-52(38)51(37)55-45)42-13-6-12-41(30-42)46-26-22-35-16-20-39(31-49(35)53-46)40-21-17-36-23-29-48(54-50(36)32-40)44-15-7-11-33-8-4-5-14-43(33)44/h1-32H. The summed E-state index contributed by atoms with van der Waals surface area (Å²) in [7, 11) is 0. The summed E-state index contributed by atoms with van der Waals surface area (Å²) in [5.74, 6) is 0. The number of fused-ring (bicyclic) bond motifs is 6. The number of pyridine rings is 4. The highest BCUT2D eigenvalue weighted by Crippen LogP contribution is 2.34. The molecule has 11 aromatic rings. The van der Waals surface area contributed by atoms with Crippen molar-refractivity contribution in [3.8, 4) is 56.2 Å². The SMILES string of the molecule is c1ccc(-c2ccc3ccc4ccc(-c5cccc(-c6ccc7ccc(-c8ccc9ccc(-c%10cccc%11ccccc%10%11)nc9c8)cc7n6)c5)nc4c3n2)cc1. The largest absolute Gasteiger partial charge is 0.248 e. The molecule has 0 spiro atoms. The molecule has 4 nitrogen and oxygen atoms in total. The van der Waals surface area contributed by atoms with E-state index in [0.29, 0.717) is 0 Å². The molecule has 0 bridgehead atoms. The van der Waals surface area contributed by atoms with Crippen LogP contribution in [0.3, 0.4) is 0 Å². The highest BCUT2D eigenvalue weighted by Gasteiger charge is 2.12. The maximum absolute atomic E-state index is 5.21. The van der Waals surface area contributed by atoms with Gasteiger partial charge in [-0.15, -0.1) is 0 Å². The molecule has 0 unspecified atom stereocenters. The van der Waals surface area contributed by atoms with Gasteiger partial charge in [0, 0.05) is 43.8 Å². The first-order valence-corrected chi connectivity index (χ1v) is 18.9. The van der Waals surface area contributed by atoms with Gasteiger partial charge in [-0.2, -0.15) is 0 Å². The maximum Gasteiger partial charge on any atom is 0.0972 e. The van der Waals surface area contributed by atoms with Crippen molar-refractivity contribution in [3.05, 3.63) is 194 Å². The second kappa shape index (κ2) is 13.1. The minimum Gasteiger partial charge on any atom is -0.248 e. The lowest BCUT2D eigenvalue weighted by Gasteiger charge is -2.10. The average molecular weight is 713 g/mol. The lowest BCUT2D eigenvalue weighted by atomic mass is 9.99. The van der Waals surface area contributed by atoms with Crippen LogP contribution in [-0.4, -0.2) is 19.9 Å². The van der Waals surface area contributed by atoms with Crippen LogP contribution in [0.5, 0.6) is 0 Å². The second-order valence-corrected chi connectivity index (χ2v) is 14.3. The van der Waals surface area contributed by atoms with E-state index in [1.807, 2.05) is 18.2 Å². The highest BCUT2D eigenvalue weighted by atomic mass is 14.8. The van der Waals surface area contributed by atoms with Crippen molar-refractivity contribution in [2.24, 2.45) is 0 Å². The fraction of sp³-hybridized carbons (Fsp3) is 0. The Morgan fingerprint density at radius 1 is 0.250 bits per heavy atom. The lowest BCUT2D eigenvalue weighted by Crippen LogP contribution is -1.92. The van der Waals surface area contributed by atoms with Gasteiger partial charge in [0.1, 0.15) is 0 Å². The minimum absolute atomic E-state index is 0.896. The molecule has 0 saturated heterocycles. The van der Waals surface area contributed by atoms with Gasteiger partial charge in [-0.05, 0) is 64.4 Å². The van der Waals surface area contributed by atoms with E-state index in [2.05, 4.69) is 176 Å². The zero-order chi connectivity index (χ0) is 37.0. The molecule has 7 aromatic carbocycles. The summed E-state index contributed by atoms with van der Waals surface area (Å²) in [6, 6.07) is 68.0. The molecule has 0 N–H and O–H groups in total. The lowest BCUT2D eigenvalue weighted by molar-refractivity contribution is 1.36. The third-order valence-corrected chi connectivity index (χ3v) is 10.8. The molecule has 4 heteroatoms. The van der Waals surface area contributed by atoms with Gasteiger partial charge in [0.2, 0.25) is 0 Å². The van der Waals surface area contributed by atoms with Gasteiger partial charge in [-0.3, -0.25) is 0 Å². The van der Waals surface area contributed by atoms with E-state index in [-0.39, 0.29) is 0 Å². The first kappa shape index (κ1) is 31.9. The van der Waals surface area contributed by atoms with Crippen molar-refractivity contribution in [1.82, 2.24) is 19.9 Å². The Hall–Kier alpha value is -7.56. The molecule has 0 amide bonds. The Kier molecular flexibility index (Phi) is 7.46. The topological polar surface area (TPSA) is 51.6 Å². The molecule has 0 radical (unpaired) electrons. The Bertz CT molecular complexity index is 3310. The van der Waals surface area contributed by atoms with Crippen molar-refractivity contribution in [1.29, 1.82) is 0 Å². The van der Waals surface area contributed by atoms with Gasteiger partial charge >= 0.3 is 0 Å². The molecular formula is C52H32N4. The molecule has 11 rings (SSSR count). The van der Waals surface area contributed by atoms with E-state index in [1.54, 1.807) is 0 Å². The van der Waals surface area contributed by atoms with Gasteiger partial charge in [0.15, 0.2) is 0 Å². The summed E-state index contributed by atoms with van der Waals surface area (Å²) in [5.41, 5.74) is 13.9. The molecule has 0 atom stereocenters. The maximum atomic E-state index is 5.21. The predicted octanol–water partition coefficient (Wildman–Crippen LogP) is 13.4. The van der Waals surface area contributed by atoms with Gasteiger partial charge in [0.05, 0.1) is 44.8 Å². The van der Waals surface area contributed by atoms with Crippen molar-refractivity contribution < 1.29 is 0 Å². The van der Waals surface area contributed by atoms with Crippen LogP contribution in [0.4, 0.5) is 0 Å². The van der Waals surface area contributed by atoms with Crippen molar-refractivity contribution in [3.63, 3.8) is 0 Å². The summed E-state index contributed by atoms with van der Waals surface area (Å²) in [4.78, 5) is 20.7. The van der Waals surface area contributed by atoms with E-state index in [0.717, 1.165) is 99.8 Å². The zero-order valence-electron chi connectivity index (χ0n) is 30.3. The fourth-order valence-corrected chi connectivity index (χ4v) is 7.89. The Morgan fingerprint density at radius 2 is 0.714 bits per heavy atom. The molecule has 260 valence electrons.